The molecule has 2 aliphatic rings. The van der Waals surface area contributed by atoms with Gasteiger partial charge in [-0.3, -0.25) is 0 Å². The number of nitrogens with one attached hydrogen (secondary N) is 2. The average Bonchev–Trinajstić information content (AvgIpc) is 2.61. The first-order valence-corrected chi connectivity index (χ1v) is 7.59. The molecule has 0 radical (unpaired) electrons. The van der Waals surface area contributed by atoms with Crippen molar-refractivity contribution < 1.29 is 9.53 Å². The molecule has 0 unspecified atom stereocenters. The molecule has 2 N–H and O–H groups in total. The number of fused-ring (bicyclic) bond motifs is 2. The molecule has 0 aromatic heterocycles. The van der Waals surface area contributed by atoms with Gasteiger partial charge in [-0.05, 0) is 28.3 Å². The molecule has 114 valence electrons. The van der Waals surface area contributed by atoms with E-state index in [4.69, 9.17) is 4.74 Å². The van der Waals surface area contributed by atoms with E-state index in [1.807, 2.05) is 54.6 Å². The second kappa shape index (κ2) is 5.65. The van der Waals surface area contributed by atoms with Gasteiger partial charge < -0.3 is 15.4 Å². The molecule has 0 spiro atoms. The Hall–Kier alpha value is -3.01. The maximum absolute atomic E-state index is 12.4. The number of hydrogen-bond donors (Lipinski definition) is 2. The van der Waals surface area contributed by atoms with Gasteiger partial charge in [-0.15, -0.1) is 0 Å². The summed E-state index contributed by atoms with van der Waals surface area (Å²) in [5, 5.41) is 6.24. The summed E-state index contributed by atoms with van der Waals surface area (Å²) in [5.74, 6) is 0.105. The van der Waals surface area contributed by atoms with E-state index in [0.29, 0.717) is 24.7 Å². The molecule has 4 rings (SSSR count). The lowest BCUT2D eigenvalue weighted by molar-refractivity contribution is -0.135. The monoisotopic (exact) mass is 304 g/mol. The summed E-state index contributed by atoms with van der Waals surface area (Å²) in [7, 11) is 0. The lowest BCUT2D eigenvalue weighted by Gasteiger charge is -2.21. The first-order valence-electron chi connectivity index (χ1n) is 7.59. The number of carbonyl (C=O) groups excluding carboxylic acids is 1. The summed E-state index contributed by atoms with van der Waals surface area (Å²) in [5.41, 5.74) is 4.97. The highest BCUT2D eigenvalue weighted by molar-refractivity contribution is 5.94. The molecule has 0 atom stereocenters. The molecule has 0 fully saturated rings. The molecule has 2 aromatic carbocycles. The second-order valence-corrected chi connectivity index (χ2v) is 5.56. The minimum absolute atomic E-state index is 0.377. The van der Waals surface area contributed by atoms with Crippen molar-refractivity contribution in [1.29, 1.82) is 0 Å². The van der Waals surface area contributed by atoms with Gasteiger partial charge in [0.2, 0.25) is 0 Å². The van der Waals surface area contributed by atoms with Crippen LogP contribution in [0, 0.1) is 0 Å². The second-order valence-electron chi connectivity index (χ2n) is 5.56. The molecule has 2 heterocycles. The molecule has 0 saturated heterocycles. The van der Waals surface area contributed by atoms with Gasteiger partial charge in [-0.2, -0.15) is 0 Å². The predicted octanol–water partition coefficient (Wildman–Crippen LogP) is 2.78. The van der Waals surface area contributed by atoms with Gasteiger partial charge >= 0.3 is 5.97 Å². The molecule has 2 aliphatic heterocycles. The van der Waals surface area contributed by atoms with Crippen LogP contribution in [0.5, 0.6) is 0 Å². The molecule has 4 heteroatoms. The zero-order valence-electron chi connectivity index (χ0n) is 12.5. The molecule has 23 heavy (non-hydrogen) atoms. The fraction of sp³-hybridized carbons (Fsp3) is 0.105. The van der Waals surface area contributed by atoms with Crippen molar-refractivity contribution in [1.82, 2.24) is 10.6 Å². The lowest BCUT2D eigenvalue weighted by atomic mass is 10.0. The minimum atomic E-state index is -0.377. The third-order valence-electron chi connectivity index (χ3n) is 4.04. The molecule has 0 amide bonds. The topological polar surface area (TPSA) is 50.4 Å². The van der Waals surface area contributed by atoms with Crippen LogP contribution in [0.3, 0.4) is 0 Å². The van der Waals surface area contributed by atoms with E-state index >= 15 is 0 Å². The van der Waals surface area contributed by atoms with Crippen molar-refractivity contribution in [2.24, 2.45) is 0 Å². The minimum Gasteiger partial charge on any atom is -0.405 e. The van der Waals surface area contributed by atoms with Gasteiger partial charge in [0, 0.05) is 19.2 Å². The predicted molar refractivity (Wildman–Crippen MR) is 88.6 cm³/mol. The summed E-state index contributed by atoms with van der Waals surface area (Å²) in [4.78, 5) is 12.4. The molecular weight excluding hydrogens is 288 g/mol. The summed E-state index contributed by atoms with van der Waals surface area (Å²) in [6.07, 6.45) is 3.69. The smallest absolute Gasteiger partial charge is 0.361 e. The van der Waals surface area contributed by atoms with E-state index in [-0.39, 0.29) is 5.97 Å². The third kappa shape index (κ3) is 2.71. The zero-order chi connectivity index (χ0) is 15.6. The Balaban J connectivity index is 1.54. The lowest BCUT2D eigenvalue weighted by Crippen LogP contribution is -2.28. The molecule has 0 saturated carbocycles. The van der Waals surface area contributed by atoms with E-state index in [2.05, 4.69) is 16.7 Å². The van der Waals surface area contributed by atoms with E-state index in [1.165, 1.54) is 11.1 Å². The fourth-order valence-electron chi connectivity index (χ4n) is 2.80. The van der Waals surface area contributed by atoms with Crippen LogP contribution in [0.2, 0.25) is 0 Å². The van der Waals surface area contributed by atoms with Crippen LogP contribution in [0.4, 0.5) is 0 Å². The molecule has 0 bridgehead atoms. The van der Waals surface area contributed by atoms with Gasteiger partial charge in [0.1, 0.15) is 5.70 Å². The van der Waals surface area contributed by atoms with Gasteiger partial charge in [0.05, 0.1) is 0 Å². The highest BCUT2D eigenvalue weighted by Gasteiger charge is 2.19. The first kappa shape index (κ1) is 13.6. The van der Waals surface area contributed by atoms with E-state index in [1.54, 1.807) is 0 Å². The normalized spacial score (nSPS) is 15.1. The molecule has 2 aromatic rings. The Labute approximate surface area is 134 Å². The van der Waals surface area contributed by atoms with Crippen LogP contribution in [0.1, 0.15) is 22.3 Å². The van der Waals surface area contributed by atoms with E-state index in [0.717, 1.165) is 11.1 Å². The highest BCUT2D eigenvalue weighted by atomic mass is 16.5. The van der Waals surface area contributed by atoms with Crippen LogP contribution >= 0.6 is 0 Å². The van der Waals surface area contributed by atoms with E-state index in [9.17, 15) is 4.79 Å². The number of ether oxygens (including phenoxy) is 1. The Bertz CT molecular complexity index is 837. The number of benzene rings is 2. The van der Waals surface area contributed by atoms with Crippen molar-refractivity contribution in [3.63, 3.8) is 0 Å². The maximum Gasteiger partial charge on any atom is 0.361 e. The Morgan fingerprint density at radius 2 is 1.43 bits per heavy atom. The maximum atomic E-state index is 12.4. The Morgan fingerprint density at radius 1 is 0.826 bits per heavy atom. The number of hydrogen-bond acceptors (Lipinski definition) is 4. The van der Waals surface area contributed by atoms with E-state index < -0.39 is 0 Å². The third-order valence-corrected chi connectivity index (χ3v) is 4.04. The van der Waals surface area contributed by atoms with Gasteiger partial charge in [-0.1, -0.05) is 48.5 Å². The van der Waals surface area contributed by atoms with Crippen molar-refractivity contribution in [3.05, 3.63) is 82.4 Å². The number of carbonyl (C=O) groups is 1. The van der Waals surface area contributed by atoms with Gasteiger partial charge in [-0.25, -0.2) is 4.79 Å². The van der Waals surface area contributed by atoms with Crippen molar-refractivity contribution >= 4 is 18.1 Å². The SMILES string of the molecule is O=C(OC1=Cc2ccccc2CN1)C1=Cc2ccccc2CN1. The molecule has 4 nitrogen and oxygen atoms in total. The highest BCUT2D eigenvalue weighted by Crippen LogP contribution is 2.21. The number of rotatable bonds is 2. The summed E-state index contributed by atoms with van der Waals surface area (Å²) in [6, 6.07) is 16.0. The van der Waals surface area contributed by atoms with Gasteiger partial charge in [0.15, 0.2) is 5.88 Å². The van der Waals surface area contributed by atoms with Crippen molar-refractivity contribution in [2.45, 2.75) is 13.1 Å². The quantitative estimate of drug-likeness (QED) is 0.838. The molecule has 0 aliphatic carbocycles. The average molecular weight is 304 g/mol. The summed E-state index contributed by atoms with van der Waals surface area (Å²) < 4.78 is 5.48. The molecular formula is C19H16N2O2. The fourth-order valence-corrected chi connectivity index (χ4v) is 2.80. The number of esters is 1. The van der Waals surface area contributed by atoms with Crippen LogP contribution in [-0.2, 0) is 22.6 Å². The van der Waals surface area contributed by atoms with Crippen LogP contribution in [-0.4, -0.2) is 5.97 Å². The van der Waals surface area contributed by atoms with Gasteiger partial charge in [0.25, 0.3) is 0 Å². The Morgan fingerprint density at radius 3 is 2.17 bits per heavy atom. The first-order chi connectivity index (χ1) is 11.3. The van der Waals surface area contributed by atoms with Crippen LogP contribution < -0.4 is 10.6 Å². The largest absolute Gasteiger partial charge is 0.405 e. The standard InChI is InChI=1S/C19H16N2O2/c22-19(17-9-13-5-1-3-7-15(13)11-20-17)23-18-10-14-6-2-4-8-16(14)12-21-18/h1-10,20-21H,11-12H2. The van der Waals surface area contributed by atoms with Crippen molar-refractivity contribution in [3.8, 4) is 0 Å². The van der Waals surface area contributed by atoms with Crippen molar-refractivity contribution in [2.75, 3.05) is 0 Å². The summed E-state index contributed by atoms with van der Waals surface area (Å²) >= 11 is 0. The van der Waals surface area contributed by atoms with Crippen LogP contribution in [0.15, 0.2) is 60.1 Å². The zero-order valence-corrected chi connectivity index (χ0v) is 12.5. The Kier molecular flexibility index (Phi) is 3.35. The van der Waals surface area contributed by atoms with Crippen LogP contribution in [0.25, 0.3) is 12.2 Å². The summed E-state index contributed by atoms with van der Waals surface area (Å²) in [6.45, 7) is 1.29.